The lowest BCUT2D eigenvalue weighted by Gasteiger charge is -2.12. The van der Waals surface area contributed by atoms with Gasteiger partial charge in [-0.05, 0) is 61.1 Å². The van der Waals surface area contributed by atoms with Crippen LogP contribution in [-0.4, -0.2) is 9.97 Å². The SMILES string of the molecule is Cc1cc(-c2ncnc3cc(C4CCCC4)ccc23)c2oc3ccccc3c2c1. The Hall–Kier alpha value is -3.20. The van der Waals surface area contributed by atoms with Gasteiger partial charge in [-0.25, -0.2) is 9.97 Å². The molecule has 0 radical (unpaired) electrons. The fraction of sp³-hybridized carbons (Fsp3) is 0.231. The molecule has 0 bridgehead atoms. The molecule has 29 heavy (non-hydrogen) atoms. The summed E-state index contributed by atoms with van der Waals surface area (Å²) in [4.78, 5) is 9.30. The fourth-order valence-electron chi connectivity index (χ4n) is 4.95. The van der Waals surface area contributed by atoms with Gasteiger partial charge in [0, 0.05) is 21.7 Å². The molecule has 0 N–H and O–H groups in total. The van der Waals surface area contributed by atoms with E-state index in [9.17, 15) is 0 Å². The molecule has 142 valence electrons. The summed E-state index contributed by atoms with van der Waals surface area (Å²) in [5.74, 6) is 0.680. The number of nitrogens with zero attached hydrogens (tertiary/aromatic N) is 2. The summed E-state index contributed by atoms with van der Waals surface area (Å²) >= 11 is 0. The van der Waals surface area contributed by atoms with Crippen molar-refractivity contribution in [1.29, 1.82) is 0 Å². The van der Waals surface area contributed by atoms with Gasteiger partial charge in [0.25, 0.3) is 0 Å². The van der Waals surface area contributed by atoms with Crippen molar-refractivity contribution in [1.82, 2.24) is 9.97 Å². The van der Waals surface area contributed by atoms with E-state index in [4.69, 9.17) is 9.40 Å². The van der Waals surface area contributed by atoms with Crippen LogP contribution >= 0.6 is 0 Å². The van der Waals surface area contributed by atoms with Crippen LogP contribution in [0.5, 0.6) is 0 Å². The first-order chi connectivity index (χ1) is 14.3. The standard InChI is InChI=1S/C26H22N2O/c1-16-12-21-19-8-4-5-9-24(19)29-26(21)22(13-16)25-20-11-10-18(17-6-2-3-7-17)14-23(20)27-15-28-25/h4-5,8-15,17H,2-3,6-7H2,1H3. The summed E-state index contributed by atoms with van der Waals surface area (Å²) in [7, 11) is 0. The Morgan fingerprint density at radius 1 is 0.862 bits per heavy atom. The predicted molar refractivity (Wildman–Crippen MR) is 118 cm³/mol. The number of furan rings is 1. The third kappa shape index (κ3) is 2.65. The van der Waals surface area contributed by atoms with Gasteiger partial charge in [-0.15, -0.1) is 0 Å². The third-order valence-corrected chi connectivity index (χ3v) is 6.36. The first-order valence-corrected chi connectivity index (χ1v) is 10.4. The van der Waals surface area contributed by atoms with Crippen LogP contribution in [0.3, 0.4) is 0 Å². The van der Waals surface area contributed by atoms with E-state index in [-0.39, 0.29) is 0 Å². The van der Waals surface area contributed by atoms with Gasteiger partial charge in [-0.1, -0.05) is 43.2 Å². The van der Waals surface area contributed by atoms with Crippen molar-refractivity contribution >= 4 is 32.8 Å². The Bertz CT molecular complexity index is 1380. The van der Waals surface area contributed by atoms with Gasteiger partial charge in [0.15, 0.2) is 0 Å². The van der Waals surface area contributed by atoms with Crippen molar-refractivity contribution in [3.8, 4) is 11.3 Å². The zero-order valence-electron chi connectivity index (χ0n) is 16.5. The molecule has 6 rings (SSSR count). The molecule has 0 spiro atoms. The molecule has 0 saturated heterocycles. The first-order valence-electron chi connectivity index (χ1n) is 10.4. The van der Waals surface area contributed by atoms with Crippen LogP contribution in [0, 0.1) is 6.92 Å². The average molecular weight is 378 g/mol. The highest BCUT2D eigenvalue weighted by Gasteiger charge is 2.19. The second kappa shape index (κ2) is 6.41. The minimum Gasteiger partial charge on any atom is -0.455 e. The monoisotopic (exact) mass is 378 g/mol. The molecule has 1 fully saturated rings. The lowest BCUT2D eigenvalue weighted by Crippen LogP contribution is -1.95. The van der Waals surface area contributed by atoms with Crippen molar-refractivity contribution in [2.45, 2.75) is 38.5 Å². The molecule has 5 aromatic rings. The summed E-state index contributed by atoms with van der Waals surface area (Å²) in [6.45, 7) is 2.13. The van der Waals surface area contributed by atoms with E-state index in [0.29, 0.717) is 5.92 Å². The Morgan fingerprint density at radius 2 is 1.72 bits per heavy atom. The minimum atomic E-state index is 0.680. The quantitative estimate of drug-likeness (QED) is 0.327. The number of benzene rings is 3. The van der Waals surface area contributed by atoms with Crippen LogP contribution in [0.2, 0.25) is 0 Å². The Balaban J connectivity index is 1.60. The number of fused-ring (bicyclic) bond motifs is 4. The van der Waals surface area contributed by atoms with Gasteiger partial charge >= 0.3 is 0 Å². The molecular formula is C26H22N2O. The van der Waals surface area contributed by atoms with Gasteiger partial charge in [0.2, 0.25) is 0 Å². The predicted octanol–water partition coefficient (Wildman–Crippen LogP) is 7.16. The van der Waals surface area contributed by atoms with Crippen molar-refractivity contribution in [2.75, 3.05) is 0 Å². The van der Waals surface area contributed by atoms with Crippen molar-refractivity contribution in [3.63, 3.8) is 0 Å². The highest BCUT2D eigenvalue weighted by Crippen LogP contribution is 2.39. The van der Waals surface area contributed by atoms with Crippen LogP contribution in [0.15, 0.2) is 65.3 Å². The number of hydrogen-bond acceptors (Lipinski definition) is 3. The molecule has 0 aliphatic heterocycles. The largest absolute Gasteiger partial charge is 0.455 e. The Labute approximate surface area is 169 Å². The molecular weight excluding hydrogens is 356 g/mol. The van der Waals surface area contributed by atoms with Crippen LogP contribution < -0.4 is 0 Å². The molecule has 0 amide bonds. The second-order valence-electron chi connectivity index (χ2n) is 8.27. The number of aryl methyl sites for hydroxylation is 1. The highest BCUT2D eigenvalue weighted by atomic mass is 16.3. The van der Waals surface area contributed by atoms with E-state index in [1.165, 1.54) is 36.8 Å². The maximum Gasteiger partial charge on any atom is 0.144 e. The Kier molecular flexibility index (Phi) is 3.70. The van der Waals surface area contributed by atoms with Gasteiger partial charge < -0.3 is 4.42 Å². The Morgan fingerprint density at radius 3 is 2.62 bits per heavy atom. The van der Waals surface area contributed by atoms with Crippen molar-refractivity contribution < 1.29 is 4.42 Å². The van der Waals surface area contributed by atoms with Gasteiger partial charge in [-0.2, -0.15) is 0 Å². The van der Waals surface area contributed by atoms with Crippen molar-refractivity contribution in [3.05, 3.63) is 72.1 Å². The topological polar surface area (TPSA) is 38.9 Å². The number of rotatable bonds is 2. The van der Waals surface area contributed by atoms with E-state index in [0.717, 1.165) is 44.1 Å². The molecule has 0 atom stereocenters. The summed E-state index contributed by atoms with van der Waals surface area (Å²) in [6, 6.07) is 19.3. The van der Waals surface area contributed by atoms with Gasteiger partial charge in [0.1, 0.15) is 17.5 Å². The maximum atomic E-state index is 6.29. The zero-order valence-corrected chi connectivity index (χ0v) is 16.5. The molecule has 3 nitrogen and oxygen atoms in total. The number of para-hydroxylation sites is 1. The molecule has 1 aliphatic carbocycles. The average Bonchev–Trinajstić information content (AvgIpc) is 3.41. The molecule has 2 heterocycles. The molecule has 2 aromatic heterocycles. The van der Waals surface area contributed by atoms with E-state index < -0.39 is 0 Å². The summed E-state index contributed by atoms with van der Waals surface area (Å²) in [6.07, 6.45) is 6.95. The summed E-state index contributed by atoms with van der Waals surface area (Å²) in [5.41, 5.74) is 7.43. The maximum absolute atomic E-state index is 6.29. The van der Waals surface area contributed by atoms with E-state index >= 15 is 0 Å². The number of aromatic nitrogens is 2. The third-order valence-electron chi connectivity index (χ3n) is 6.36. The summed E-state index contributed by atoms with van der Waals surface area (Å²) in [5, 5.41) is 3.38. The fourth-order valence-corrected chi connectivity index (χ4v) is 4.95. The zero-order chi connectivity index (χ0) is 19.4. The molecule has 3 aromatic carbocycles. The van der Waals surface area contributed by atoms with Gasteiger partial charge in [-0.3, -0.25) is 0 Å². The van der Waals surface area contributed by atoms with Gasteiger partial charge in [0.05, 0.1) is 11.2 Å². The first kappa shape index (κ1) is 16.7. The molecule has 0 unspecified atom stereocenters. The smallest absolute Gasteiger partial charge is 0.144 e. The van der Waals surface area contributed by atoms with E-state index in [1.54, 1.807) is 6.33 Å². The lowest BCUT2D eigenvalue weighted by molar-refractivity contribution is 0.670. The van der Waals surface area contributed by atoms with Crippen LogP contribution in [0.25, 0.3) is 44.1 Å². The number of hydrogen-bond donors (Lipinski definition) is 0. The highest BCUT2D eigenvalue weighted by molar-refractivity contribution is 6.11. The second-order valence-corrected chi connectivity index (χ2v) is 8.27. The van der Waals surface area contributed by atoms with E-state index in [2.05, 4.69) is 54.4 Å². The van der Waals surface area contributed by atoms with Crippen molar-refractivity contribution in [2.24, 2.45) is 0 Å². The molecule has 3 heteroatoms. The molecule has 1 aliphatic rings. The molecule has 1 saturated carbocycles. The lowest BCUT2D eigenvalue weighted by atomic mass is 9.95. The van der Waals surface area contributed by atoms with E-state index in [1.807, 2.05) is 12.1 Å². The van der Waals surface area contributed by atoms with Crippen LogP contribution in [-0.2, 0) is 0 Å². The summed E-state index contributed by atoms with van der Waals surface area (Å²) < 4.78 is 6.29. The van der Waals surface area contributed by atoms with Crippen LogP contribution in [0.1, 0.15) is 42.7 Å². The normalized spacial score (nSPS) is 15.1. The minimum absolute atomic E-state index is 0.680. The van der Waals surface area contributed by atoms with Crippen LogP contribution in [0.4, 0.5) is 0 Å².